The number of aromatic amines is 1. The average molecular weight is 287 g/mol. The Morgan fingerprint density at radius 2 is 2.40 bits per heavy atom. The highest BCUT2D eigenvalue weighted by molar-refractivity contribution is 7.09. The Kier molecular flexibility index (Phi) is 3.42. The lowest BCUT2D eigenvalue weighted by Gasteiger charge is -1.98. The first-order valence-corrected chi connectivity index (χ1v) is 7.11. The van der Waals surface area contributed by atoms with Crippen molar-refractivity contribution in [2.24, 2.45) is 0 Å². The van der Waals surface area contributed by atoms with Gasteiger partial charge in [-0.25, -0.2) is 4.98 Å². The Morgan fingerprint density at radius 1 is 1.50 bits per heavy atom. The van der Waals surface area contributed by atoms with Crippen LogP contribution in [0.3, 0.4) is 0 Å². The van der Waals surface area contributed by atoms with Crippen molar-refractivity contribution in [3.8, 4) is 0 Å². The van der Waals surface area contributed by atoms with Gasteiger partial charge in [0.1, 0.15) is 11.3 Å². The van der Waals surface area contributed by atoms with Crippen LogP contribution in [0.4, 0.5) is 5.13 Å². The molecule has 0 bridgehead atoms. The molecule has 0 spiro atoms. The number of aromatic nitrogens is 4. The summed E-state index contributed by atoms with van der Waals surface area (Å²) in [5.41, 5.74) is 2.00. The highest BCUT2D eigenvalue weighted by atomic mass is 32.1. The minimum atomic E-state index is -0.228. The third-order valence-electron chi connectivity index (χ3n) is 2.84. The van der Waals surface area contributed by atoms with E-state index in [4.69, 9.17) is 0 Å². The standard InChI is InChI=1S/C13H13N5OS/c1-2-4-10-16-13(20-18-10)17-12(19)8-7-15-9-5-3-6-14-11(8)9/h3,5-7,15H,2,4H2,1H3,(H,16,17,18,19). The van der Waals surface area contributed by atoms with Crippen LogP contribution in [-0.2, 0) is 6.42 Å². The first kappa shape index (κ1) is 12.7. The molecule has 0 aromatic carbocycles. The molecule has 0 atom stereocenters. The maximum atomic E-state index is 12.2. The summed E-state index contributed by atoms with van der Waals surface area (Å²) in [6.07, 6.45) is 5.12. The first-order valence-electron chi connectivity index (χ1n) is 6.34. The average Bonchev–Trinajstić information content (AvgIpc) is 3.06. The maximum Gasteiger partial charge on any atom is 0.261 e. The van der Waals surface area contributed by atoms with Crippen LogP contribution in [0.25, 0.3) is 11.0 Å². The van der Waals surface area contributed by atoms with E-state index >= 15 is 0 Å². The fourth-order valence-corrected chi connectivity index (χ4v) is 2.53. The van der Waals surface area contributed by atoms with Crippen LogP contribution in [0.5, 0.6) is 0 Å². The molecule has 0 radical (unpaired) electrons. The van der Waals surface area contributed by atoms with Crippen molar-refractivity contribution in [3.05, 3.63) is 35.9 Å². The monoisotopic (exact) mass is 287 g/mol. The summed E-state index contributed by atoms with van der Waals surface area (Å²) >= 11 is 1.20. The van der Waals surface area contributed by atoms with Crippen LogP contribution in [0.15, 0.2) is 24.5 Å². The number of hydrogen-bond donors (Lipinski definition) is 2. The van der Waals surface area contributed by atoms with Gasteiger partial charge in [-0.2, -0.15) is 4.37 Å². The van der Waals surface area contributed by atoms with Gasteiger partial charge >= 0.3 is 0 Å². The van der Waals surface area contributed by atoms with Crippen molar-refractivity contribution in [1.29, 1.82) is 0 Å². The summed E-state index contributed by atoms with van der Waals surface area (Å²) in [5, 5.41) is 3.28. The quantitative estimate of drug-likeness (QED) is 0.772. The number of nitrogens with one attached hydrogen (secondary N) is 2. The molecule has 2 N–H and O–H groups in total. The van der Waals surface area contributed by atoms with Crippen LogP contribution in [0, 0.1) is 0 Å². The molecule has 0 saturated carbocycles. The normalized spacial score (nSPS) is 10.8. The number of rotatable bonds is 4. The summed E-state index contributed by atoms with van der Waals surface area (Å²) in [7, 11) is 0. The van der Waals surface area contributed by atoms with E-state index < -0.39 is 0 Å². The number of carbonyl (C=O) groups is 1. The van der Waals surface area contributed by atoms with Crippen molar-refractivity contribution in [3.63, 3.8) is 0 Å². The van der Waals surface area contributed by atoms with E-state index in [-0.39, 0.29) is 5.91 Å². The zero-order valence-corrected chi connectivity index (χ0v) is 11.7. The van der Waals surface area contributed by atoms with Crippen LogP contribution >= 0.6 is 11.5 Å². The molecule has 6 nitrogen and oxygen atoms in total. The molecule has 1 amide bonds. The van der Waals surface area contributed by atoms with E-state index in [2.05, 4.69) is 31.6 Å². The van der Waals surface area contributed by atoms with Gasteiger partial charge in [0.15, 0.2) is 0 Å². The zero-order chi connectivity index (χ0) is 13.9. The first-order chi connectivity index (χ1) is 9.78. The van der Waals surface area contributed by atoms with E-state index in [1.54, 1.807) is 12.4 Å². The van der Waals surface area contributed by atoms with Crippen molar-refractivity contribution in [1.82, 2.24) is 19.3 Å². The lowest BCUT2D eigenvalue weighted by Crippen LogP contribution is -2.11. The summed E-state index contributed by atoms with van der Waals surface area (Å²) in [4.78, 5) is 23.7. The number of anilines is 1. The van der Waals surface area contributed by atoms with Gasteiger partial charge in [-0.05, 0) is 18.6 Å². The Balaban J connectivity index is 1.81. The molecule has 3 rings (SSSR count). The van der Waals surface area contributed by atoms with Gasteiger partial charge in [-0.3, -0.25) is 15.1 Å². The summed E-state index contributed by atoms with van der Waals surface area (Å²) in [6, 6.07) is 3.70. The van der Waals surface area contributed by atoms with Crippen molar-refractivity contribution in [2.45, 2.75) is 19.8 Å². The van der Waals surface area contributed by atoms with E-state index in [9.17, 15) is 4.79 Å². The Hall–Kier alpha value is -2.28. The third-order valence-corrected chi connectivity index (χ3v) is 3.51. The minimum absolute atomic E-state index is 0.228. The van der Waals surface area contributed by atoms with Crippen LogP contribution in [0.2, 0.25) is 0 Å². The maximum absolute atomic E-state index is 12.2. The van der Waals surface area contributed by atoms with Crippen molar-refractivity contribution in [2.75, 3.05) is 5.32 Å². The molecular formula is C13H13N5OS. The highest BCUT2D eigenvalue weighted by Gasteiger charge is 2.14. The van der Waals surface area contributed by atoms with Crippen LogP contribution in [0.1, 0.15) is 29.5 Å². The summed E-state index contributed by atoms with van der Waals surface area (Å²) < 4.78 is 4.20. The van der Waals surface area contributed by atoms with E-state index in [0.717, 1.165) is 24.2 Å². The molecule has 102 valence electrons. The number of nitrogens with zero attached hydrogens (tertiary/aromatic N) is 3. The second-order valence-corrected chi connectivity index (χ2v) is 5.07. The molecule has 0 saturated heterocycles. The van der Waals surface area contributed by atoms with Crippen LogP contribution < -0.4 is 5.32 Å². The second-order valence-electron chi connectivity index (χ2n) is 4.32. The van der Waals surface area contributed by atoms with E-state index in [1.165, 1.54) is 11.5 Å². The number of carbonyl (C=O) groups excluding carboxylic acids is 1. The Bertz CT molecular complexity index is 748. The van der Waals surface area contributed by atoms with E-state index in [1.807, 2.05) is 12.1 Å². The van der Waals surface area contributed by atoms with Gasteiger partial charge < -0.3 is 4.98 Å². The lowest BCUT2D eigenvalue weighted by atomic mass is 10.2. The van der Waals surface area contributed by atoms with Gasteiger partial charge in [0, 0.05) is 30.3 Å². The molecule has 20 heavy (non-hydrogen) atoms. The summed E-state index contributed by atoms with van der Waals surface area (Å²) in [5.74, 6) is 0.541. The molecule has 0 unspecified atom stereocenters. The topological polar surface area (TPSA) is 83.6 Å². The van der Waals surface area contributed by atoms with Crippen molar-refractivity contribution >= 4 is 33.6 Å². The van der Waals surface area contributed by atoms with Gasteiger partial charge in [0.25, 0.3) is 5.91 Å². The molecule has 3 aromatic heterocycles. The molecule has 0 aliphatic heterocycles. The number of aryl methyl sites for hydroxylation is 1. The predicted octanol–water partition coefficient (Wildman–Crippen LogP) is 2.62. The Morgan fingerprint density at radius 3 is 3.25 bits per heavy atom. The fraction of sp³-hybridized carbons (Fsp3) is 0.231. The lowest BCUT2D eigenvalue weighted by molar-refractivity contribution is 0.102. The zero-order valence-electron chi connectivity index (χ0n) is 10.9. The molecule has 3 aromatic rings. The van der Waals surface area contributed by atoms with Gasteiger partial charge in [-0.1, -0.05) is 6.92 Å². The number of fused-ring (bicyclic) bond motifs is 1. The summed E-state index contributed by atoms with van der Waals surface area (Å²) in [6.45, 7) is 2.07. The molecule has 0 fully saturated rings. The Labute approximate surface area is 119 Å². The number of pyridine rings is 1. The SMILES string of the molecule is CCCc1nsc(NC(=O)c2c[nH]c3cccnc23)n1. The molecule has 0 aliphatic rings. The van der Waals surface area contributed by atoms with Crippen molar-refractivity contribution < 1.29 is 4.79 Å². The number of H-pyrrole nitrogens is 1. The second kappa shape index (κ2) is 5.38. The smallest absolute Gasteiger partial charge is 0.261 e. The molecule has 7 heteroatoms. The van der Waals surface area contributed by atoms with Gasteiger partial charge in [0.2, 0.25) is 5.13 Å². The van der Waals surface area contributed by atoms with Crippen LogP contribution in [-0.4, -0.2) is 25.2 Å². The minimum Gasteiger partial charge on any atom is -0.359 e. The predicted molar refractivity (Wildman–Crippen MR) is 78.0 cm³/mol. The molecular weight excluding hydrogens is 274 g/mol. The van der Waals surface area contributed by atoms with Gasteiger partial charge in [-0.15, -0.1) is 0 Å². The fourth-order valence-electron chi connectivity index (χ4n) is 1.92. The molecule has 0 aliphatic carbocycles. The number of hydrogen-bond acceptors (Lipinski definition) is 5. The number of amides is 1. The largest absolute Gasteiger partial charge is 0.359 e. The van der Waals surface area contributed by atoms with E-state index in [0.29, 0.717) is 16.2 Å². The third kappa shape index (κ3) is 2.39. The molecule has 3 heterocycles. The highest BCUT2D eigenvalue weighted by Crippen LogP contribution is 2.18. The van der Waals surface area contributed by atoms with Gasteiger partial charge in [0.05, 0.1) is 11.1 Å².